The van der Waals surface area contributed by atoms with Gasteiger partial charge in [-0.25, -0.2) is 13.8 Å². The van der Waals surface area contributed by atoms with E-state index in [0.717, 1.165) is 0 Å². The molecule has 0 spiro atoms. The standard InChI is InChI=1S/C13H16F5N3/c1-2-19-11-9(14)7-10(15)12(20-11)21-5-3-8(4-6-21)13(16,17)18/h7-8H,2-6H2,1H3,(H,19,20). The molecule has 1 fully saturated rings. The Balaban J connectivity index is 2.15. The number of piperidine rings is 1. The molecule has 1 aliphatic rings. The fraction of sp³-hybridized carbons (Fsp3) is 0.615. The number of aromatic nitrogens is 1. The molecule has 0 saturated carbocycles. The van der Waals surface area contributed by atoms with Crippen molar-refractivity contribution in [1.82, 2.24) is 4.98 Å². The summed E-state index contributed by atoms with van der Waals surface area (Å²) in [6.07, 6.45) is -4.45. The Morgan fingerprint density at radius 3 is 2.38 bits per heavy atom. The van der Waals surface area contributed by atoms with Gasteiger partial charge in [0.25, 0.3) is 0 Å². The van der Waals surface area contributed by atoms with E-state index in [1.165, 1.54) is 4.90 Å². The highest BCUT2D eigenvalue weighted by Crippen LogP contribution is 2.35. The first-order valence-corrected chi connectivity index (χ1v) is 6.74. The molecular weight excluding hydrogens is 293 g/mol. The van der Waals surface area contributed by atoms with Gasteiger partial charge in [-0.3, -0.25) is 0 Å². The third kappa shape index (κ3) is 3.54. The lowest BCUT2D eigenvalue weighted by Crippen LogP contribution is -2.39. The van der Waals surface area contributed by atoms with Crippen molar-refractivity contribution in [3.05, 3.63) is 17.7 Å². The summed E-state index contributed by atoms with van der Waals surface area (Å²) in [4.78, 5) is 5.28. The monoisotopic (exact) mass is 309 g/mol. The SMILES string of the molecule is CCNc1nc(N2CCC(C(F)(F)F)CC2)c(F)cc1F. The van der Waals surface area contributed by atoms with Crippen LogP contribution in [0.4, 0.5) is 33.6 Å². The van der Waals surface area contributed by atoms with Crippen molar-refractivity contribution in [2.75, 3.05) is 29.9 Å². The summed E-state index contributed by atoms with van der Waals surface area (Å²) >= 11 is 0. The summed E-state index contributed by atoms with van der Waals surface area (Å²) < 4.78 is 65.1. The lowest BCUT2D eigenvalue weighted by Gasteiger charge is -2.33. The molecule has 3 nitrogen and oxygen atoms in total. The van der Waals surface area contributed by atoms with Gasteiger partial charge in [0.2, 0.25) is 0 Å². The number of hydrogen-bond donors (Lipinski definition) is 1. The fourth-order valence-electron chi connectivity index (χ4n) is 2.39. The van der Waals surface area contributed by atoms with Crippen LogP contribution in [0.1, 0.15) is 19.8 Å². The highest BCUT2D eigenvalue weighted by Gasteiger charge is 2.41. The van der Waals surface area contributed by atoms with E-state index in [1.807, 2.05) is 0 Å². The summed E-state index contributed by atoms with van der Waals surface area (Å²) in [7, 11) is 0. The number of alkyl halides is 3. The van der Waals surface area contributed by atoms with Gasteiger partial charge in [0.05, 0.1) is 5.92 Å². The van der Waals surface area contributed by atoms with Crippen molar-refractivity contribution >= 4 is 11.6 Å². The second kappa shape index (κ2) is 6.03. The van der Waals surface area contributed by atoms with E-state index in [2.05, 4.69) is 10.3 Å². The maximum Gasteiger partial charge on any atom is 0.391 e. The molecule has 1 aromatic rings. The van der Waals surface area contributed by atoms with Crippen LogP contribution in [0.5, 0.6) is 0 Å². The maximum absolute atomic E-state index is 13.8. The molecular formula is C13H16F5N3. The number of halogens is 5. The highest BCUT2D eigenvalue weighted by atomic mass is 19.4. The number of nitrogens with one attached hydrogen (secondary N) is 1. The Morgan fingerprint density at radius 1 is 1.24 bits per heavy atom. The van der Waals surface area contributed by atoms with Crippen LogP contribution in [-0.4, -0.2) is 30.8 Å². The van der Waals surface area contributed by atoms with Gasteiger partial charge < -0.3 is 10.2 Å². The summed E-state index contributed by atoms with van der Waals surface area (Å²) in [5.41, 5.74) is 0. The molecule has 1 aliphatic heterocycles. The minimum Gasteiger partial charge on any atom is -0.368 e. The molecule has 21 heavy (non-hydrogen) atoms. The van der Waals surface area contributed by atoms with Crippen molar-refractivity contribution < 1.29 is 22.0 Å². The first kappa shape index (κ1) is 15.8. The quantitative estimate of drug-likeness (QED) is 0.865. The van der Waals surface area contributed by atoms with Crippen LogP contribution in [-0.2, 0) is 0 Å². The van der Waals surface area contributed by atoms with E-state index in [4.69, 9.17) is 0 Å². The zero-order valence-electron chi connectivity index (χ0n) is 11.5. The number of pyridine rings is 1. The van der Waals surface area contributed by atoms with Crippen molar-refractivity contribution in [2.24, 2.45) is 5.92 Å². The molecule has 0 atom stereocenters. The predicted molar refractivity (Wildman–Crippen MR) is 69.3 cm³/mol. The average molecular weight is 309 g/mol. The van der Waals surface area contributed by atoms with Crippen LogP contribution in [0.2, 0.25) is 0 Å². The van der Waals surface area contributed by atoms with Gasteiger partial charge in [-0.05, 0) is 19.8 Å². The summed E-state index contributed by atoms with van der Waals surface area (Å²) in [6, 6.07) is 0.705. The lowest BCUT2D eigenvalue weighted by atomic mass is 9.96. The summed E-state index contributed by atoms with van der Waals surface area (Å²) in [5, 5.41) is 2.66. The number of hydrogen-bond acceptors (Lipinski definition) is 3. The van der Waals surface area contributed by atoms with Crippen LogP contribution in [0.25, 0.3) is 0 Å². The number of anilines is 2. The second-order valence-electron chi connectivity index (χ2n) is 4.96. The Labute approximate surface area is 119 Å². The van der Waals surface area contributed by atoms with Crippen LogP contribution in [0.15, 0.2) is 6.07 Å². The van der Waals surface area contributed by atoms with Crippen LogP contribution >= 0.6 is 0 Å². The molecule has 2 rings (SSSR count). The van der Waals surface area contributed by atoms with E-state index < -0.39 is 23.7 Å². The zero-order chi connectivity index (χ0) is 15.6. The van der Waals surface area contributed by atoms with Gasteiger partial charge in [0.15, 0.2) is 23.3 Å². The molecule has 0 bridgehead atoms. The Morgan fingerprint density at radius 2 is 1.86 bits per heavy atom. The first-order valence-electron chi connectivity index (χ1n) is 6.74. The van der Waals surface area contributed by atoms with Gasteiger partial charge >= 0.3 is 6.18 Å². The Bertz CT molecular complexity index is 495. The minimum absolute atomic E-state index is 0.0469. The van der Waals surface area contributed by atoms with Gasteiger partial charge in [0, 0.05) is 25.7 Å². The van der Waals surface area contributed by atoms with Crippen molar-refractivity contribution in [1.29, 1.82) is 0 Å². The highest BCUT2D eigenvalue weighted by molar-refractivity contribution is 5.49. The molecule has 8 heteroatoms. The van der Waals surface area contributed by atoms with E-state index in [-0.39, 0.29) is 37.6 Å². The van der Waals surface area contributed by atoms with E-state index in [9.17, 15) is 22.0 Å². The van der Waals surface area contributed by atoms with Gasteiger partial charge in [-0.1, -0.05) is 0 Å². The Hall–Kier alpha value is -1.60. The van der Waals surface area contributed by atoms with Gasteiger partial charge in [0.1, 0.15) is 0 Å². The maximum atomic E-state index is 13.8. The van der Waals surface area contributed by atoms with Crippen LogP contribution < -0.4 is 10.2 Å². The Kier molecular flexibility index (Phi) is 4.53. The van der Waals surface area contributed by atoms with Crippen LogP contribution in [0.3, 0.4) is 0 Å². The average Bonchev–Trinajstić information content (AvgIpc) is 2.41. The molecule has 1 saturated heterocycles. The van der Waals surface area contributed by atoms with Crippen molar-refractivity contribution in [3.8, 4) is 0 Å². The first-order chi connectivity index (χ1) is 9.82. The third-order valence-electron chi connectivity index (χ3n) is 3.51. The molecule has 0 amide bonds. The number of rotatable bonds is 3. The third-order valence-corrected chi connectivity index (χ3v) is 3.51. The second-order valence-corrected chi connectivity index (χ2v) is 4.96. The van der Waals surface area contributed by atoms with E-state index in [0.29, 0.717) is 12.6 Å². The molecule has 0 aromatic carbocycles. The van der Waals surface area contributed by atoms with Gasteiger partial charge in [-0.15, -0.1) is 0 Å². The predicted octanol–water partition coefficient (Wildman–Crippen LogP) is 3.57. The minimum atomic E-state index is -4.23. The summed E-state index contributed by atoms with van der Waals surface area (Å²) in [6.45, 7) is 2.24. The molecule has 0 radical (unpaired) electrons. The normalized spacial score (nSPS) is 17.1. The molecule has 0 unspecified atom stereocenters. The van der Waals surface area contributed by atoms with Crippen molar-refractivity contribution in [3.63, 3.8) is 0 Å². The lowest BCUT2D eigenvalue weighted by molar-refractivity contribution is -0.179. The fourth-order valence-corrected chi connectivity index (χ4v) is 2.39. The van der Waals surface area contributed by atoms with Crippen LogP contribution in [0, 0.1) is 17.6 Å². The number of nitrogens with zero attached hydrogens (tertiary/aromatic N) is 2. The van der Waals surface area contributed by atoms with E-state index >= 15 is 0 Å². The van der Waals surface area contributed by atoms with Crippen molar-refractivity contribution in [2.45, 2.75) is 25.9 Å². The topological polar surface area (TPSA) is 28.2 Å². The molecule has 118 valence electrons. The molecule has 1 N–H and O–H groups in total. The molecule has 0 aliphatic carbocycles. The summed E-state index contributed by atoms with van der Waals surface area (Å²) in [5.74, 6) is -3.24. The van der Waals surface area contributed by atoms with E-state index in [1.54, 1.807) is 6.92 Å². The molecule has 2 heterocycles. The molecule has 1 aromatic heterocycles. The van der Waals surface area contributed by atoms with Gasteiger partial charge in [-0.2, -0.15) is 13.2 Å². The largest absolute Gasteiger partial charge is 0.391 e. The zero-order valence-corrected chi connectivity index (χ0v) is 11.5. The smallest absolute Gasteiger partial charge is 0.368 e.